The minimum atomic E-state index is 0.457. The van der Waals surface area contributed by atoms with Gasteiger partial charge in [0, 0.05) is 23.1 Å². The van der Waals surface area contributed by atoms with E-state index in [0.717, 1.165) is 28.9 Å². The van der Waals surface area contributed by atoms with Gasteiger partial charge in [-0.05, 0) is 47.4 Å². The monoisotopic (exact) mass is 313 g/mol. The fourth-order valence-corrected chi connectivity index (χ4v) is 3.36. The third kappa shape index (κ3) is 1.98. The third-order valence-electron chi connectivity index (χ3n) is 3.26. The van der Waals surface area contributed by atoms with Crippen LogP contribution in [0.3, 0.4) is 0 Å². The Morgan fingerprint density at radius 1 is 1.53 bits per heavy atom. The van der Waals surface area contributed by atoms with E-state index in [1.54, 1.807) is 0 Å². The van der Waals surface area contributed by atoms with Crippen molar-refractivity contribution >= 4 is 33.0 Å². The van der Waals surface area contributed by atoms with Crippen molar-refractivity contribution in [1.29, 1.82) is 0 Å². The molecule has 0 radical (unpaired) electrons. The molecule has 1 aliphatic heterocycles. The van der Waals surface area contributed by atoms with Crippen LogP contribution in [0.15, 0.2) is 22.8 Å². The fraction of sp³-hybridized carbons (Fsp3) is 0.417. The normalized spacial score (nSPS) is 20.9. The van der Waals surface area contributed by atoms with Crippen molar-refractivity contribution in [2.24, 2.45) is 0 Å². The van der Waals surface area contributed by atoms with Crippen molar-refractivity contribution < 1.29 is 0 Å². The van der Waals surface area contributed by atoms with Crippen molar-refractivity contribution in [3.05, 3.63) is 33.8 Å². The fourth-order valence-electron chi connectivity index (χ4n) is 2.44. The van der Waals surface area contributed by atoms with Crippen molar-refractivity contribution in [3.63, 3.8) is 0 Å². The van der Waals surface area contributed by atoms with Crippen LogP contribution in [-0.2, 0) is 0 Å². The maximum atomic E-state index is 6.22. The number of rotatable bonds is 1. The highest BCUT2D eigenvalue weighted by atomic mass is 79.9. The number of hydrogen-bond donors (Lipinski definition) is 1. The van der Waals surface area contributed by atoms with E-state index in [1.165, 1.54) is 12.8 Å². The summed E-state index contributed by atoms with van der Waals surface area (Å²) in [6, 6.07) is 4.00. The van der Waals surface area contributed by atoms with Gasteiger partial charge in [0.05, 0.1) is 5.52 Å². The summed E-state index contributed by atoms with van der Waals surface area (Å²) in [5, 5.41) is 4.00. The SMILES string of the molecule is Clc1nc(C2CCCNC2)n2cccc(Br)c12. The zero-order valence-corrected chi connectivity index (χ0v) is 11.6. The molecule has 1 N–H and O–H groups in total. The Balaban J connectivity index is 2.13. The van der Waals surface area contributed by atoms with E-state index >= 15 is 0 Å². The first-order valence-corrected chi connectivity index (χ1v) is 6.97. The predicted molar refractivity (Wildman–Crippen MR) is 72.7 cm³/mol. The van der Waals surface area contributed by atoms with Gasteiger partial charge in [-0.2, -0.15) is 0 Å². The zero-order chi connectivity index (χ0) is 11.8. The van der Waals surface area contributed by atoms with Crippen LogP contribution in [-0.4, -0.2) is 22.5 Å². The molecule has 90 valence electrons. The molecule has 2 aromatic rings. The van der Waals surface area contributed by atoms with E-state index in [0.29, 0.717) is 11.1 Å². The Labute approximate surface area is 113 Å². The summed E-state index contributed by atoms with van der Waals surface area (Å²) in [4.78, 5) is 4.53. The molecule has 1 fully saturated rings. The Hall–Kier alpha value is -0.580. The second kappa shape index (κ2) is 4.59. The molecular formula is C12H13BrClN3. The molecule has 3 nitrogen and oxygen atoms in total. The van der Waals surface area contributed by atoms with Crippen molar-refractivity contribution in [3.8, 4) is 0 Å². The summed E-state index contributed by atoms with van der Waals surface area (Å²) in [6.07, 6.45) is 4.41. The van der Waals surface area contributed by atoms with Crippen molar-refractivity contribution in [2.45, 2.75) is 18.8 Å². The Morgan fingerprint density at radius 2 is 2.41 bits per heavy atom. The molecule has 0 aliphatic carbocycles. The topological polar surface area (TPSA) is 29.3 Å². The highest BCUT2D eigenvalue weighted by Gasteiger charge is 2.22. The summed E-state index contributed by atoms with van der Waals surface area (Å²) in [5.41, 5.74) is 0.967. The van der Waals surface area contributed by atoms with Gasteiger partial charge >= 0.3 is 0 Å². The van der Waals surface area contributed by atoms with Crippen LogP contribution in [0.2, 0.25) is 5.15 Å². The second-order valence-electron chi connectivity index (χ2n) is 4.38. The lowest BCUT2D eigenvalue weighted by molar-refractivity contribution is 0.445. The van der Waals surface area contributed by atoms with Crippen LogP contribution < -0.4 is 5.32 Å². The molecule has 1 atom stereocenters. The van der Waals surface area contributed by atoms with Gasteiger partial charge in [0.15, 0.2) is 5.15 Å². The second-order valence-corrected chi connectivity index (χ2v) is 5.59. The van der Waals surface area contributed by atoms with Crippen molar-refractivity contribution in [1.82, 2.24) is 14.7 Å². The van der Waals surface area contributed by atoms with Crippen LogP contribution in [0.1, 0.15) is 24.6 Å². The summed E-state index contributed by atoms with van der Waals surface area (Å²) in [5.74, 6) is 1.52. The van der Waals surface area contributed by atoms with Crippen LogP contribution >= 0.6 is 27.5 Å². The van der Waals surface area contributed by atoms with E-state index in [2.05, 4.69) is 30.6 Å². The summed E-state index contributed by atoms with van der Waals surface area (Å²) >= 11 is 9.74. The minimum absolute atomic E-state index is 0.457. The predicted octanol–water partition coefficient (Wildman–Crippen LogP) is 3.22. The van der Waals surface area contributed by atoms with Gasteiger partial charge in [0.25, 0.3) is 0 Å². The molecule has 1 aliphatic rings. The minimum Gasteiger partial charge on any atom is -0.316 e. The maximum absolute atomic E-state index is 6.22. The average molecular weight is 315 g/mol. The largest absolute Gasteiger partial charge is 0.316 e. The maximum Gasteiger partial charge on any atom is 0.156 e. The van der Waals surface area contributed by atoms with Crippen molar-refractivity contribution in [2.75, 3.05) is 13.1 Å². The molecule has 0 bridgehead atoms. The standard InChI is InChI=1S/C12H13BrClN3/c13-9-4-2-6-17-10(9)11(14)16-12(17)8-3-1-5-15-7-8/h2,4,6,8,15H,1,3,5,7H2. The number of nitrogens with one attached hydrogen (secondary N) is 1. The molecule has 1 saturated heterocycles. The Bertz CT molecular complexity index is 546. The van der Waals surface area contributed by atoms with E-state index in [-0.39, 0.29) is 0 Å². The van der Waals surface area contributed by atoms with Gasteiger partial charge in [-0.3, -0.25) is 0 Å². The van der Waals surface area contributed by atoms with E-state index in [9.17, 15) is 0 Å². The first-order chi connectivity index (χ1) is 8.27. The Morgan fingerprint density at radius 3 is 3.18 bits per heavy atom. The van der Waals surface area contributed by atoms with Gasteiger partial charge in [-0.25, -0.2) is 4.98 Å². The lowest BCUT2D eigenvalue weighted by Gasteiger charge is -2.21. The molecule has 0 saturated carbocycles. The number of nitrogens with zero attached hydrogens (tertiary/aromatic N) is 2. The molecule has 3 rings (SSSR count). The summed E-state index contributed by atoms with van der Waals surface area (Å²) in [6.45, 7) is 2.10. The number of aromatic nitrogens is 2. The zero-order valence-electron chi connectivity index (χ0n) is 9.29. The van der Waals surface area contributed by atoms with E-state index in [4.69, 9.17) is 11.6 Å². The van der Waals surface area contributed by atoms with Crippen LogP contribution in [0.25, 0.3) is 5.52 Å². The molecule has 0 spiro atoms. The first-order valence-electron chi connectivity index (χ1n) is 5.80. The van der Waals surface area contributed by atoms with Gasteiger partial charge in [-0.15, -0.1) is 0 Å². The molecule has 0 aromatic carbocycles. The van der Waals surface area contributed by atoms with E-state index < -0.39 is 0 Å². The van der Waals surface area contributed by atoms with Crippen LogP contribution in [0.4, 0.5) is 0 Å². The molecule has 0 amide bonds. The quantitative estimate of drug-likeness (QED) is 0.876. The smallest absolute Gasteiger partial charge is 0.156 e. The van der Waals surface area contributed by atoms with Crippen LogP contribution in [0, 0.1) is 0 Å². The van der Waals surface area contributed by atoms with Gasteiger partial charge in [0.1, 0.15) is 5.82 Å². The molecule has 17 heavy (non-hydrogen) atoms. The third-order valence-corrected chi connectivity index (χ3v) is 4.17. The molecule has 5 heteroatoms. The number of hydrogen-bond acceptors (Lipinski definition) is 2. The molecule has 2 aromatic heterocycles. The molecular weight excluding hydrogens is 302 g/mol. The lowest BCUT2D eigenvalue weighted by Crippen LogP contribution is -2.29. The van der Waals surface area contributed by atoms with E-state index in [1.807, 2.05) is 18.3 Å². The van der Waals surface area contributed by atoms with Gasteiger partial charge < -0.3 is 9.72 Å². The van der Waals surface area contributed by atoms with Gasteiger partial charge in [0.2, 0.25) is 0 Å². The van der Waals surface area contributed by atoms with Crippen LogP contribution in [0.5, 0.6) is 0 Å². The number of piperidine rings is 1. The molecule has 3 heterocycles. The lowest BCUT2D eigenvalue weighted by atomic mass is 9.99. The first kappa shape index (κ1) is 11.5. The Kier molecular flexibility index (Phi) is 3.11. The van der Waals surface area contributed by atoms with Gasteiger partial charge in [-0.1, -0.05) is 11.6 Å². The molecule has 1 unspecified atom stereocenters. The average Bonchev–Trinajstić information content (AvgIpc) is 2.69. The number of fused-ring (bicyclic) bond motifs is 1. The number of halogens is 2. The summed E-state index contributed by atoms with van der Waals surface area (Å²) in [7, 11) is 0. The highest BCUT2D eigenvalue weighted by Crippen LogP contribution is 2.31. The summed E-state index contributed by atoms with van der Waals surface area (Å²) < 4.78 is 3.09. The highest BCUT2D eigenvalue weighted by molar-refractivity contribution is 9.10. The number of pyridine rings is 1. The number of imidazole rings is 1.